The molecular weight excluding hydrogens is 360 g/mol. The van der Waals surface area contributed by atoms with Crippen LogP contribution >= 0.6 is 11.3 Å². The van der Waals surface area contributed by atoms with Gasteiger partial charge in [0, 0.05) is 4.88 Å². The monoisotopic (exact) mass is 380 g/mol. The van der Waals surface area contributed by atoms with Crippen molar-refractivity contribution in [3.8, 4) is 21.6 Å². The standard InChI is InChI=1S/C22H20O4S/c1-11-9-16(21(23)24)10-12(2)19(11)15-7-13(3)20(14(4)8-15)17-5-6-18(27-17)22(25)26/h5-10H,1-4H3,(H,23,24)(H,25,26). The van der Waals surface area contributed by atoms with Gasteiger partial charge < -0.3 is 10.2 Å². The van der Waals surface area contributed by atoms with Gasteiger partial charge in [0.1, 0.15) is 4.88 Å². The van der Waals surface area contributed by atoms with E-state index in [0.717, 1.165) is 43.8 Å². The van der Waals surface area contributed by atoms with Gasteiger partial charge in [-0.1, -0.05) is 12.1 Å². The number of hydrogen-bond donors (Lipinski definition) is 2. The molecule has 0 saturated heterocycles. The van der Waals surface area contributed by atoms with Crippen molar-refractivity contribution < 1.29 is 19.8 Å². The molecule has 1 aromatic heterocycles. The zero-order valence-electron chi connectivity index (χ0n) is 15.6. The zero-order chi connectivity index (χ0) is 19.9. The Morgan fingerprint density at radius 2 is 1.26 bits per heavy atom. The summed E-state index contributed by atoms with van der Waals surface area (Å²) in [5, 5.41) is 18.4. The second-order valence-electron chi connectivity index (χ2n) is 6.74. The molecule has 2 aromatic carbocycles. The summed E-state index contributed by atoms with van der Waals surface area (Å²) in [5.41, 5.74) is 7.37. The largest absolute Gasteiger partial charge is 0.478 e. The van der Waals surface area contributed by atoms with Crippen LogP contribution in [0.1, 0.15) is 42.3 Å². The van der Waals surface area contributed by atoms with Crippen LogP contribution in [0, 0.1) is 27.7 Å². The number of carboxylic acids is 2. The number of carbonyl (C=O) groups is 2. The van der Waals surface area contributed by atoms with Crippen LogP contribution in [0.5, 0.6) is 0 Å². The molecule has 0 spiro atoms. The number of benzene rings is 2. The van der Waals surface area contributed by atoms with Crippen LogP contribution in [0.2, 0.25) is 0 Å². The zero-order valence-corrected chi connectivity index (χ0v) is 16.4. The highest BCUT2D eigenvalue weighted by Crippen LogP contribution is 2.37. The quantitative estimate of drug-likeness (QED) is 0.608. The van der Waals surface area contributed by atoms with Crippen molar-refractivity contribution >= 4 is 23.3 Å². The van der Waals surface area contributed by atoms with Gasteiger partial charge in [0.25, 0.3) is 0 Å². The highest BCUT2D eigenvalue weighted by molar-refractivity contribution is 7.17. The molecule has 27 heavy (non-hydrogen) atoms. The van der Waals surface area contributed by atoms with E-state index in [0.29, 0.717) is 10.4 Å². The Bertz CT molecular complexity index is 1030. The van der Waals surface area contributed by atoms with Gasteiger partial charge in [-0.2, -0.15) is 0 Å². The van der Waals surface area contributed by atoms with Crippen molar-refractivity contribution in [2.75, 3.05) is 0 Å². The van der Waals surface area contributed by atoms with E-state index in [1.165, 1.54) is 11.3 Å². The van der Waals surface area contributed by atoms with E-state index in [4.69, 9.17) is 5.11 Å². The first-order chi connectivity index (χ1) is 12.7. The van der Waals surface area contributed by atoms with E-state index < -0.39 is 11.9 Å². The van der Waals surface area contributed by atoms with Crippen molar-refractivity contribution in [1.82, 2.24) is 0 Å². The van der Waals surface area contributed by atoms with Crippen LogP contribution in [0.25, 0.3) is 21.6 Å². The van der Waals surface area contributed by atoms with Crippen LogP contribution in [-0.4, -0.2) is 22.2 Å². The molecule has 0 aliphatic rings. The molecule has 3 rings (SSSR count). The first-order valence-corrected chi connectivity index (χ1v) is 9.30. The second kappa shape index (κ2) is 7.00. The Hall–Kier alpha value is -2.92. The first kappa shape index (κ1) is 18.9. The summed E-state index contributed by atoms with van der Waals surface area (Å²) < 4.78 is 0. The smallest absolute Gasteiger partial charge is 0.345 e. The van der Waals surface area contributed by atoms with Crippen LogP contribution in [0.3, 0.4) is 0 Å². The van der Waals surface area contributed by atoms with Gasteiger partial charge in [-0.25, -0.2) is 9.59 Å². The minimum atomic E-state index is -0.928. The van der Waals surface area contributed by atoms with E-state index in [9.17, 15) is 14.7 Å². The van der Waals surface area contributed by atoms with E-state index in [2.05, 4.69) is 12.1 Å². The van der Waals surface area contributed by atoms with Crippen molar-refractivity contribution in [3.63, 3.8) is 0 Å². The summed E-state index contributed by atoms with van der Waals surface area (Å²) >= 11 is 1.27. The highest BCUT2D eigenvalue weighted by atomic mass is 32.1. The molecule has 0 aliphatic heterocycles. The van der Waals surface area contributed by atoms with Crippen molar-refractivity contribution in [2.45, 2.75) is 27.7 Å². The average Bonchev–Trinajstić information content (AvgIpc) is 3.03. The lowest BCUT2D eigenvalue weighted by Gasteiger charge is -2.16. The second-order valence-corrected chi connectivity index (χ2v) is 7.83. The van der Waals surface area contributed by atoms with Crippen LogP contribution < -0.4 is 0 Å². The SMILES string of the molecule is Cc1cc(C(=O)O)cc(C)c1-c1cc(C)c(-c2ccc(C(=O)O)s2)c(C)c1. The summed E-state index contributed by atoms with van der Waals surface area (Å²) in [7, 11) is 0. The van der Waals surface area contributed by atoms with Gasteiger partial charge in [-0.15, -0.1) is 11.3 Å². The summed E-state index contributed by atoms with van der Waals surface area (Å²) in [5.74, 6) is -1.84. The minimum absolute atomic E-state index is 0.290. The maximum Gasteiger partial charge on any atom is 0.345 e. The van der Waals surface area contributed by atoms with Gasteiger partial charge in [0.15, 0.2) is 0 Å². The van der Waals surface area contributed by atoms with Gasteiger partial charge in [-0.05, 0) is 90.9 Å². The fourth-order valence-corrected chi connectivity index (χ4v) is 4.65. The lowest BCUT2D eigenvalue weighted by atomic mass is 9.89. The van der Waals surface area contributed by atoms with Crippen LogP contribution in [0.4, 0.5) is 0 Å². The van der Waals surface area contributed by atoms with Gasteiger partial charge >= 0.3 is 11.9 Å². The molecule has 0 amide bonds. The van der Waals surface area contributed by atoms with E-state index in [-0.39, 0.29) is 0 Å². The fraction of sp³-hybridized carbons (Fsp3) is 0.182. The molecule has 2 N–H and O–H groups in total. The molecule has 0 radical (unpaired) electrons. The summed E-state index contributed by atoms with van der Waals surface area (Å²) in [4.78, 5) is 23.7. The lowest BCUT2D eigenvalue weighted by molar-refractivity contribution is 0.0688. The molecule has 0 atom stereocenters. The van der Waals surface area contributed by atoms with Crippen molar-refractivity contribution in [2.24, 2.45) is 0 Å². The molecule has 0 unspecified atom stereocenters. The van der Waals surface area contributed by atoms with Crippen LogP contribution in [-0.2, 0) is 0 Å². The third-order valence-electron chi connectivity index (χ3n) is 4.66. The molecule has 0 aliphatic carbocycles. The first-order valence-electron chi connectivity index (χ1n) is 8.48. The fourth-order valence-electron chi connectivity index (χ4n) is 3.63. The minimum Gasteiger partial charge on any atom is -0.478 e. The Morgan fingerprint density at radius 3 is 1.70 bits per heavy atom. The topological polar surface area (TPSA) is 74.6 Å². The number of carboxylic acid groups (broad SMARTS) is 2. The van der Waals surface area contributed by atoms with Gasteiger partial charge in [-0.3, -0.25) is 0 Å². The van der Waals surface area contributed by atoms with Gasteiger partial charge in [0.05, 0.1) is 5.56 Å². The number of rotatable bonds is 4. The van der Waals surface area contributed by atoms with Crippen molar-refractivity contribution in [1.29, 1.82) is 0 Å². The molecule has 0 bridgehead atoms. The predicted molar refractivity (Wildman–Crippen MR) is 108 cm³/mol. The van der Waals surface area contributed by atoms with E-state index in [1.54, 1.807) is 18.2 Å². The molecule has 1 heterocycles. The Balaban J connectivity index is 2.13. The summed E-state index contributed by atoms with van der Waals surface area (Å²) in [6, 6.07) is 11.0. The molecule has 138 valence electrons. The van der Waals surface area contributed by atoms with E-state index >= 15 is 0 Å². The highest BCUT2D eigenvalue weighted by Gasteiger charge is 2.16. The maximum atomic E-state index is 11.3. The molecule has 3 aromatic rings. The Kier molecular flexibility index (Phi) is 4.89. The lowest BCUT2D eigenvalue weighted by Crippen LogP contribution is -2.00. The third-order valence-corrected chi connectivity index (χ3v) is 5.75. The number of hydrogen-bond acceptors (Lipinski definition) is 3. The van der Waals surface area contributed by atoms with Crippen LogP contribution in [0.15, 0.2) is 36.4 Å². The molecular formula is C22H20O4S. The number of thiophene rings is 1. The van der Waals surface area contributed by atoms with Gasteiger partial charge in [0.2, 0.25) is 0 Å². The molecule has 0 fully saturated rings. The predicted octanol–water partition coefficient (Wildman–Crippen LogP) is 5.71. The Labute approximate surface area is 161 Å². The Morgan fingerprint density at radius 1 is 0.741 bits per heavy atom. The average molecular weight is 380 g/mol. The number of aromatic carboxylic acids is 2. The number of aryl methyl sites for hydroxylation is 4. The third kappa shape index (κ3) is 3.51. The molecule has 0 saturated carbocycles. The van der Waals surface area contributed by atoms with E-state index in [1.807, 2.05) is 33.8 Å². The molecule has 5 heteroatoms. The normalized spacial score (nSPS) is 10.8. The molecule has 4 nitrogen and oxygen atoms in total. The summed E-state index contributed by atoms with van der Waals surface area (Å²) in [6.45, 7) is 7.88. The van der Waals surface area contributed by atoms with Crippen molar-refractivity contribution in [3.05, 3.63) is 69.1 Å². The maximum absolute atomic E-state index is 11.3. The summed E-state index contributed by atoms with van der Waals surface area (Å²) in [6.07, 6.45) is 0.